The van der Waals surface area contributed by atoms with Crippen LogP contribution in [0.4, 0.5) is 0 Å². The number of rotatable bonds is 14. The summed E-state index contributed by atoms with van der Waals surface area (Å²) >= 11 is 0. The largest absolute Gasteiger partial charge is 0.495 e. The molecule has 0 unspecified atom stereocenters. The Morgan fingerprint density at radius 1 is 0.675 bits per heavy atom. The van der Waals surface area contributed by atoms with E-state index in [-0.39, 0.29) is 45.7 Å². The Kier molecular flexibility index (Phi) is 8.77. The van der Waals surface area contributed by atoms with Crippen molar-refractivity contribution < 1.29 is 46.8 Å². The first-order valence-electron chi connectivity index (χ1n) is 13.0. The van der Waals surface area contributed by atoms with E-state index in [2.05, 4.69) is 6.92 Å². The van der Waals surface area contributed by atoms with Crippen LogP contribution < -0.4 is 28.4 Å². The van der Waals surface area contributed by atoms with Crippen LogP contribution in [0.3, 0.4) is 0 Å². The zero-order chi connectivity index (χ0) is 29.0. The average molecular weight is 555 g/mol. The van der Waals surface area contributed by atoms with Crippen LogP contribution in [0.5, 0.6) is 34.5 Å². The minimum absolute atomic E-state index is 0.102. The predicted octanol–water partition coefficient (Wildman–Crippen LogP) is 6.98. The van der Waals surface area contributed by atoms with Crippen LogP contribution in [0.25, 0.3) is 21.9 Å². The SMILES string of the molecule is CCCCCC(Oc1c(C(C)=O)c(OC)c2ccoc2c1OC)Oc1c(C(C)=O)c(OC)c2ccoc2c1OC. The molecule has 214 valence electrons. The summed E-state index contributed by atoms with van der Waals surface area (Å²) in [4.78, 5) is 25.9. The molecule has 0 fully saturated rings. The second-order valence-corrected chi connectivity index (χ2v) is 9.14. The van der Waals surface area contributed by atoms with E-state index < -0.39 is 6.29 Å². The topological polar surface area (TPSA) is 116 Å². The highest BCUT2D eigenvalue weighted by atomic mass is 16.7. The Hall–Kier alpha value is -4.34. The molecule has 0 aliphatic carbocycles. The van der Waals surface area contributed by atoms with Gasteiger partial charge in [-0.25, -0.2) is 0 Å². The van der Waals surface area contributed by atoms with Crippen molar-refractivity contribution in [2.75, 3.05) is 28.4 Å². The van der Waals surface area contributed by atoms with Gasteiger partial charge in [0.25, 0.3) is 0 Å². The lowest BCUT2D eigenvalue weighted by Crippen LogP contribution is -2.26. The smallest absolute Gasteiger partial charge is 0.241 e. The first kappa shape index (κ1) is 28.7. The van der Waals surface area contributed by atoms with Crippen LogP contribution >= 0.6 is 0 Å². The lowest BCUT2D eigenvalue weighted by Gasteiger charge is -2.26. The van der Waals surface area contributed by atoms with Gasteiger partial charge in [-0.3, -0.25) is 9.59 Å². The second kappa shape index (κ2) is 12.2. The van der Waals surface area contributed by atoms with Crippen LogP contribution in [-0.4, -0.2) is 46.3 Å². The summed E-state index contributed by atoms with van der Waals surface area (Å²) in [5.41, 5.74) is 1.06. The van der Waals surface area contributed by atoms with Gasteiger partial charge in [-0.2, -0.15) is 0 Å². The maximum atomic E-state index is 12.9. The highest BCUT2D eigenvalue weighted by Crippen LogP contribution is 2.49. The van der Waals surface area contributed by atoms with Crippen molar-refractivity contribution in [1.82, 2.24) is 0 Å². The first-order chi connectivity index (χ1) is 19.3. The van der Waals surface area contributed by atoms with E-state index in [0.29, 0.717) is 39.9 Å². The van der Waals surface area contributed by atoms with E-state index in [4.69, 9.17) is 37.3 Å². The Bertz CT molecular complexity index is 1420. The molecule has 0 aliphatic rings. The fourth-order valence-corrected chi connectivity index (χ4v) is 4.86. The molecule has 0 bridgehead atoms. The maximum absolute atomic E-state index is 12.9. The van der Waals surface area contributed by atoms with Crippen molar-refractivity contribution >= 4 is 33.5 Å². The normalized spacial score (nSPS) is 11.2. The van der Waals surface area contributed by atoms with Gasteiger partial charge in [0.05, 0.1) is 51.7 Å². The molecule has 4 rings (SSSR count). The fourth-order valence-electron chi connectivity index (χ4n) is 4.86. The maximum Gasteiger partial charge on any atom is 0.241 e. The first-order valence-corrected chi connectivity index (χ1v) is 13.0. The summed E-state index contributed by atoms with van der Waals surface area (Å²) in [5.74, 6) is 0.610. The van der Waals surface area contributed by atoms with Crippen molar-refractivity contribution in [3.63, 3.8) is 0 Å². The van der Waals surface area contributed by atoms with E-state index in [0.717, 1.165) is 19.3 Å². The quantitative estimate of drug-likeness (QED) is 0.0918. The summed E-state index contributed by atoms with van der Waals surface area (Å²) in [6.45, 7) is 4.90. The molecule has 4 aromatic rings. The van der Waals surface area contributed by atoms with Crippen LogP contribution in [0.1, 0.15) is 67.2 Å². The summed E-state index contributed by atoms with van der Waals surface area (Å²) in [7, 11) is 5.85. The van der Waals surface area contributed by atoms with E-state index in [1.165, 1.54) is 54.8 Å². The molecule has 0 saturated heterocycles. The molecule has 0 aliphatic heterocycles. The molecule has 0 saturated carbocycles. The number of ketones is 2. The van der Waals surface area contributed by atoms with Crippen molar-refractivity contribution in [1.29, 1.82) is 0 Å². The minimum atomic E-state index is -0.986. The number of benzene rings is 2. The fraction of sp³-hybridized carbons (Fsp3) is 0.400. The predicted molar refractivity (Wildman–Crippen MR) is 148 cm³/mol. The molecule has 0 radical (unpaired) electrons. The van der Waals surface area contributed by atoms with Gasteiger partial charge in [-0.05, 0) is 32.4 Å². The molecule has 40 heavy (non-hydrogen) atoms. The Labute approximate surface area is 232 Å². The van der Waals surface area contributed by atoms with Crippen LogP contribution in [0, 0.1) is 0 Å². The Balaban J connectivity index is 1.92. The van der Waals surface area contributed by atoms with Gasteiger partial charge in [0.2, 0.25) is 17.8 Å². The molecule has 2 aromatic carbocycles. The number of unbranched alkanes of at least 4 members (excludes halogenated alkanes) is 2. The second-order valence-electron chi connectivity index (χ2n) is 9.14. The standard InChI is InChI=1S/C30H34O10/c1-8-9-10-11-20(39-27-21(16(2)31)23(33-4)18-12-14-37-25(18)29(27)35-6)40-28-22(17(3)32)24(34-5)19-13-15-38-26(19)30(28)36-7/h12-15,20H,8-11H2,1-7H3. The lowest BCUT2D eigenvalue weighted by molar-refractivity contribution is -0.00669. The third kappa shape index (κ3) is 5.01. The highest BCUT2D eigenvalue weighted by Gasteiger charge is 2.32. The zero-order valence-corrected chi connectivity index (χ0v) is 23.8. The highest BCUT2D eigenvalue weighted by molar-refractivity contribution is 6.09. The van der Waals surface area contributed by atoms with Crippen molar-refractivity contribution in [3.05, 3.63) is 35.8 Å². The van der Waals surface area contributed by atoms with Gasteiger partial charge in [0, 0.05) is 6.42 Å². The van der Waals surface area contributed by atoms with Gasteiger partial charge in [-0.15, -0.1) is 0 Å². The number of ether oxygens (including phenoxy) is 6. The molecule has 10 heteroatoms. The Morgan fingerprint density at radius 2 is 1.10 bits per heavy atom. The van der Waals surface area contributed by atoms with Crippen LogP contribution in [-0.2, 0) is 0 Å². The monoisotopic (exact) mass is 554 g/mol. The lowest BCUT2D eigenvalue weighted by atomic mass is 10.0. The number of hydrogen-bond acceptors (Lipinski definition) is 10. The van der Waals surface area contributed by atoms with E-state index in [9.17, 15) is 9.59 Å². The molecular weight excluding hydrogens is 520 g/mol. The number of Topliss-reactive ketones (excluding diaryl/α,β-unsaturated/α-hetero) is 2. The number of fused-ring (bicyclic) bond motifs is 2. The number of carbonyl (C=O) groups is 2. The summed E-state index contributed by atoms with van der Waals surface area (Å²) < 4.78 is 46.9. The van der Waals surface area contributed by atoms with Crippen LogP contribution in [0.15, 0.2) is 33.5 Å². The molecule has 0 atom stereocenters. The molecule has 0 spiro atoms. The van der Waals surface area contributed by atoms with Crippen molar-refractivity contribution in [3.8, 4) is 34.5 Å². The molecule has 0 amide bonds. The number of hydrogen-bond donors (Lipinski definition) is 0. The number of furan rings is 2. The van der Waals surface area contributed by atoms with E-state index >= 15 is 0 Å². The molecule has 0 N–H and O–H groups in total. The van der Waals surface area contributed by atoms with Gasteiger partial charge in [0.15, 0.2) is 34.2 Å². The van der Waals surface area contributed by atoms with Gasteiger partial charge in [0.1, 0.15) is 22.6 Å². The third-order valence-electron chi connectivity index (χ3n) is 6.62. The van der Waals surface area contributed by atoms with Gasteiger partial charge < -0.3 is 37.3 Å². The summed E-state index contributed by atoms with van der Waals surface area (Å²) in [6, 6.07) is 3.38. The van der Waals surface area contributed by atoms with Gasteiger partial charge in [-0.1, -0.05) is 19.8 Å². The summed E-state index contributed by atoms with van der Waals surface area (Å²) in [5, 5.41) is 1.13. The van der Waals surface area contributed by atoms with Gasteiger partial charge >= 0.3 is 0 Å². The van der Waals surface area contributed by atoms with E-state index in [1.807, 2.05) is 0 Å². The van der Waals surface area contributed by atoms with E-state index in [1.54, 1.807) is 12.1 Å². The zero-order valence-electron chi connectivity index (χ0n) is 23.8. The third-order valence-corrected chi connectivity index (χ3v) is 6.62. The molecule has 2 aromatic heterocycles. The number of methoxy groups -OCH3 is 4. The van der Waals surface area contributed by atoms with Crippen molar-refractivity contribution in [2.45, 2.75) is 52.7 Å². The van der Waals surface area contributed by atoms with Crippen molar-refractivity contribution in [2.24, 2.45) is 0 Å². The molecule has 10 nitrogen and oxygen atoms in total. The molecule has 2 heterocycles. The minimum Gasteiger partial charge on any atom is -0.495 e. The Morgan fingerprint density at radius 3 is 1.45 bits per heavy atom. The summed E-state index contributed by atoms with van der Waals surface area (Å²) in [6.07, 6.45) is 4.97. The average Bonchev–Trinajstić information content (AvgIpc) is 3.61. The van der Waals surface area contributed by atoms with Crippen LogP contribution in [0.2, 0.25) is 0 Å². The molecular formula is C30H34O10. The number of carbonyl (C=O) groups excluding carboxylic acids is 2.